The van der Waals surface area contributed by atoms with Crippen LogP contribution in [0.25, 0.3) is 0 Å². The maximum atomic E-state index is 5.56. The largest absolute Gasteiger partial charge is 0.362 e. The molecule has 2 aliphatic carbocycles. The van der Waals surface area contributed by atoms with E-state index in [1.807, 2.05) is 6.21 Å². The van der Waals surface area contributed by atoms with Gasteiger partial charge in [-0.1, -0.05) is 48.7 Å². The molecule has 1 aromatic rings. The maximum Gasteiger partial charge on any atom is 0.131 e. The first-order chi connectivity index (χ1) is 10.4. The van der Waals surface area contributed by atoms with Crippen LogP contribution in [0.1, 0.15) is 74.8 Å². The van der Waals surface area contributed by atoms with Crippen molar-refractivity contribution in [2.75, 3.05) is 0 Å². The van der Waals surface area contributed by atoms with Gasteiger partial charge in [-0.05, 0) is 55.2 Å². The highest BCUT2D eigenvalue weighted by Crippen LogP contribution is 2.33. The second-order valence-corrected chi connectivity index (χ2v) is 6.21. The monoisotopic (exact) mass is 283 g/mol. The van der Waals surface area contributed by atoms with Crippen LogP contribution in [0.2, 0.25) is 0 Å². The lowest BCUT2D eigenvalue weighted by Crippen LogP contribution is -2.07. The topological polar surface area (TPSA) is 21.6 Å². The fourth-order valence-corrected chi connectivity index (χ4v) is 3.46. The fourth-order valence-electron chi connectivity index (χ4n) is 3.46. The zero-order chi connectivity index (χ0) is 14.3. The van der Waals surface area contributed by atoms with Crippen LogP contribution in [0.3, 0.4) is 0 Å². The summed E-state index contributed by atoms with van der Waals surface area (Å²) in [4.78, 5) is 5.56. The molecule has 0 atom stereocenters. The van der Waals surface area contributed by atoms with E-state index in [1.165, 1.54) is 56.1 Å². The number of oxime groups is 1. The predicted molar refractivity (Wildman–Crippen MR) is 87.5 cm³/mol. The molecule has 21 heavy (non-hydrogen) atoms. The first kappa shape index (κ1) is 14.4. The van der Waals surface area contributed by atoms with Gasteiger partial charge >= 0.3 is 0 Å². The normalized spacial score (nSPS) is 20.5. The summed E-state index contributed by atoms with van der Waals surface area (Å²) in [5.74, 6) is 1.74. The van der Waals surface area contributed by atoms with E-state index in [0.717, 1.165) is 18.6 Å². The van der Waals surface area contributed by atoms with E-state index in [4.69, 9.17) is 4.84 Å². The molecule has 0 spiro atoms. The Kier molecular flexibility index (Phi) is 5.09. The zero-order valence-corrected chi connectivity index (χ0v) is 12.8. The number of allylic oxidation sites excluding steroid dienone is 2. The van der Waals surface area contributed by atoms with Crippen LogP contribution >= 0.6 is 0 Å². The predicted octanol–water partition coefficient (Wildman–Crippen LogP) is 5.54. The third kappa shape index (κ3) is 3.96. The Morgan fingerprint density at radius 1 is 1.00 bits per heavy atom. The summed E-state index contributed by atoms with van der Waals surface area (Å²) in [7, 11) is 0. The molecule has 2 nitrogen and oxygen atoms in total. The fraction of sp³-hybridized carbons (Fsp3) is 0.526. The van der Waals surface area contributed by atoms with Crippen molar-refractivity contribution in [3.8, 4) is 0 Å². The van der Waals surface area contributed by atoms with Gasteiger partial charge in [-0.15, -0.1) is 0 Å². The molecule has 0 aliphatic heterocycles. The van der Waals surface area contributed by atoms with Gasteiger partial charge in [0, 0.05) is 6.42 Å². The quantitative estimate of drug-likeness (QED) is 0.525. The minimum atomic E-state index is 0.704. The van der Waals surface area contributed by atoms with E-state index in [9.17, 15) is 0 Å². The van der Waals surface area contributed by atoms with Crippen molar-refractivity contribution < 1.29 is 4.84 Å². The lowest BCUT2D eigenvalue weighted by atomic mass is 9.82. The third-order valence-electron chi connectivity index (χ3n) is 4.65. The summed E-state index contributed by atoms with van der Waals surface area (Å²) >= 11 is 0. The second-order valence-electron chi connectivity index (χ2n) is 6.21. The molecule has 0 unspecified atom stereocenters. The summed E-state index contributed by atoms with van der Waals surface area (Å²) < 4.78 is 0. The van der Waals surface area contributed by atoms with Crippen LogP contribution in [0.5, 0.6) is 0 Å². The number of benzene rings is 1. The summed E-state index contributed by atoms with van der Waals surface area (Å²) in [6.07, 6.45) is 15.5. The summed E-state index contributed by atoms with van der Waals surface area (Å²) in [6.45, 7) is 0. The molecule has 1 saturated carbocycles. The molecule has 112 valence electrons. The molecule has 3 rings (SSSR count). The van der Waals surface area contributed by atoms with Gasteiger partial charge in [0.1, 0.15) is 5.76 Å². The van der Waals surface area contributed by atoms with Crippen molar-refractivity contribution >= 4 is 6.21 Å². The second kappa shape index (κ2) is 7.44. The molecule has 0 saturated heterocycles. The standard InChI is InChI=1S/C19H25NO/c1-3-9-16(10-4-1)19-14-8-7-11-17(19)15-20-21-18-12-5-2-6-13-18/h7-8,11-12,14-16H,1-6,9-10,13H2. The van der Waals surface area contributed by atoms with Crippen molar-refractivity contribution in [1.29, 1.82) is 0 Å². The average molecular weight is 283 g/mol. The molecule has 1 aromatic carbocycles. The Labute approximate surface area is 127 Å². The summed E-state index contributed by atoms with van der Waals surface area (Å²) in [5, 5.41) is 4.23. The first-order valence-electron chi connectivity index (χ1n) is 8.42. The van der Waals surface area contributed by atoms with Crippen molar-refractivity contribution in [2.45, 2.75) is 63.7 Å². The number of hydrogen-bond donors (Lipinski definition) is 0. The molecule has 0 aromatic heterocycles. The van der Waals surface area contributed by atoms with Gasteiger partial charge in [0.05, 0.1) is 6.21 Å². The van der Waals surface area contributed by atoms with Crippen LogP contribution in [0.15, 0.2) is 41.3 Å². The lowest BCUT2D eigenvalue weighted by Gasteiger charge is -2.23. The van der Waals surface area contributed by atoms with Crippen molar-refractivity contribution in [3.05, 3.63) is 47.2 Å². The third-order valence-corrected chi connectivity index (χ3v) is 4.65. The van der Waals surface area contributed by atoms with Crippen molar-refractivity contribution in [2.24, 2.45) is 5.16 Å². The van der Waals surface area contributed by atoms with Gasteiger partial charge in [0.25, 0.3) is 0 Å². The van der Waals surface area contributed by atoms with Crippen LogP contribution < -0.4 is 0 Å². The smallest absolute Gasteiger partial charge is 0.131 e. The van der Waals surface area contributed by atoms with E-state index >= 15 is 0 Å². The molecule has 0 heterocycles. The highest BCUT2D eigenvalue weighted by molar-refractivity contribution is 5.81. The molecular weight excluding hydrogens is 258 g/mol. The molecule has 0 bridgehead atoms. The molecular formula is C19H25NO. The molecule has 2 aliphatic rings. The minimum Gasteiger partial charge on any atom is -0.362 e. The Bertz CT molecular complexity index is 512. The van der Waals surface area contributed by atoms with Crippen LogP contribution in [-0.2, 0) is 4.84 Å². The highest BCUT2D eigenvalue weighted by atomic mass is 16.6. The van der Waals surface area contributed by atoms with Gasteiger partial charge < -0.3 is 4.84 Å². The van der Waals surface area contributed by atoms with E-state index in [-0.39, 0.29) is 0 Å². The SMILES string of the molecule is C(=NOC1=CCCCC1)c1ccccc1C1CCCCC1. The van der Waals surface area contributed by atoms with Crippen LogP contribution in [-0.4, -0.2) is 6.21 Å². The molecule has 1 fully saturated rings. The van der Waals surface area contributed by atoms with Gasteiger partial charge in [0.2, 0.25) is 0 Å². The Morgan fingerprint density at radius 3 is 2.67 bits per heavy atom. The van der Waals surface area contributed by atoms with E-state index in [2.05, 4.69) is 35.5 Å². The maximum absolute atomic E-state index is 5.56. The molecule has 0 radical (unpaired) electrons. The lowest BCUT2D eigenvalue weighted by molar-refractivity contribution is 0.210. The van der Waals surface area contributed by atoms with Crippen molar-refractivity contribution in [1.82, 2.24) is 0 Å². The molecule has 2 heteroatoms. The minimum absolute atomic E-state index is 0.704. The van der Waals surface area contributed by atoms with Crippen molar-refractivity contribution in [3.63, 3.8) is 0 Å². The number of rotatable bonds is 4. The summed E-state index contributed by atoms with van der Waals surface area (Å²) in [5.41, 5.74) is 2.67. The zero-order valence-electron chi connectivity index (χ0n) is 12.8. The van der Waals surface area contributed by atoms with Gasteiger partial charge in [-0.2, -0.15) is 0 Å². The van der Waals surface area contributed by atoms with Gasteiger partial charge in [-0.25, -0.2) is 0 Å². The van der Waals surface area contributed by atoms with Crippen LogP contribution in [0.4, 0.5) is 0 Å². The Morgan fingerprint density at radius 2 is 1.86 bits per heavy atom. The van der Waals surface area contributed by atoms with Crippen LogP contribution in [0, 0.1) is 0 Å². The van der Waals surface area contributed by atoms with E-state index < -0.39 is 0 Å². The number of nitrogens with zero attached hydrogens (tertiary/aromatic N) is 1. The molecule has 0 amide bonds. The first-order valence-corrected chi connectivity index (χ1v) is 8.42. The Balaban J connectivity index is 1.68. The average Bonchev–Trinajstić information content (AvgIpc) is 2.57. The van der Waals surface area contributed by atoms with Gasteiger partial charge in [0.15, 0.2) is 0 Å². The number of hydrogen-bond acceptors (Lipinski definition) is 2. The van der Waals surface area contributed by atoms with E-state index in [1.54, 1.807) is 0 Å². The van der Waals surface area contributed by atoms with E-state index in [0.29, 0.717) is 5.92 Å². The Hall–Kier alpha value is -1.57. The van der Waals surface area contributed by atoms with Gasteiger partial charge in [-0.3, -0.25) is 0 Å². The molecule has 0 N–H and O–H groups in total. The highest BCUT2D eigenvalue weighted by Gasteiger charge is 2.17. The summed E-state index contributed by atoms with van der Waals surface area (Å²) in [6, 6.07) is 8.66.